The lowest BCUT2D eigenvalue weighted by atomic mass is 10.1. The summed E-state index contributed by atoms with van der Waals surface area (Å²) in [6, 6.07) is 6.72. The largest absolute Gasteiger partial charge is 0.480 e. The van der Waals surface area contributed by atoms with Crippen LogP contribution in [-0.4, -0.2) is 54.6 Å². The van der Waals surface area contributed by atoms with Crippen LogP contribution in [0.15, 0.2) is 35.2 Å². The lowest BCUT2D eigenvalue weighted by Gasteiger charge is -2.21. The van der Waals surface area contributed by atoms with Crippen LogP contribution < -0.4 is 16.8 Å². The maximum atomic E-state index is 13.0. The maximum absolute atomic E-state index is 13.0. The summed E-state index contributed by atoms with van der Waals surface area (Å²) < 4.78 is 26.0. The van der Waals surface area contributed by atoms with E-state index in [1.807, 2.05) is 0 Å². The molecule has 0 aliphatic rings. The van der Waals surface area contributed by atoms with Gasteiger partial charge in [0.15, 0.2) is 15.8 Å². The lowest BCUT2D eigenvalue weighted by Crippen LogP contribution is -2.45. The number of nitrogens with zero attached hydrogens (tertiary/aromatic N) is 1. The van der Waals surface area contributed by atoms with Crippen LogP contribution in [0, 0.1) is 12.3 Å². The fourth-order valence-corrected chi connectivity index (χ4v) is 5.68. The highest BCUT2D eigenvalue weighted by molar-refractivity contribution is 7.92. The van der Waals surface area contributed by atoms with Crippen molar-refractivity contribution in [2.24, 2.45) is 11.5 Å². The Balaban J connectivity index is 2.15. The van der Waals surface area contributed by atoms with Crippen LogP contribution in [0.4, 0.5) is 5.69 Å². The van der Waals surface area contributed by atoms with Crippen molar-refractivity contribution in [2.45, 2.75) is 37.2 Å². The fraction of sp³-hybridized carbons (Fsp3) is 0.318. The van der Waals surface area contributed by atoms with Crippen LogP contribution in [0.1, 0.15) is 24.0 Å². The van der Waals surface area contributed by atoms with E-state index >= 15 is 0 Å². The van der Waals surface area contributed by atoms with E-state index in [4.69, 9.17) is 56.8 Å². The number of carbonyl (C=O) groups excluding carboxylic acids is 1. The number of benzene rings is 2. The molecule has 0 spiro atoms. The van der Waals surface area contributed by atoms with E-state index in [1.54, 1.807) is 18.2 Å². The molecule has 36 heavy (non-hydrogen) atoms. The second kappa shape index (κ2) is 12.6. The van der Waals surface area contributed by atoms with Crippen LogP contribution in [0.5, 0.6) is 0 Å². The smallest absolute Gasteiger partial charge is 0.320 e. The quantitative estimate of drug-likeness (QED) is 0.199. The monoisotopic (exact) mass is 577 g/mol. The Hall–Kier alpha value is -2.57. The molecule has 0 radical (unpaired) electrons. The van der Waals surface area contributed by atoms with Gasteiger partial charge in [-0.05, 0) is 61.2 Å². The van der Waals surface area contributed by atoms with E-state index in [-0.39, 0.29) is 34.9 Å². The van der Waals surface area contributed by atoms with Gasteiger partial charge in [-0.3, -0.25) is 19.9 Å². The highest BCUT2D eigenvalue weighted by atomic mass is 35.5. The fourth-order valence-electron chi connectivity index (χ4n) is 3.34. The number of halogens is 3. The Labute approximate surface area is 223 Å². The summed E-state index contributed by atoms with van der Waals surface area (Å²) in [5.74, 6) is -3.75. The number of carboxylic acid groups (broad SMARTS) is 1. The van der Waals surface area contributed by atoms with Gasteiger partial charge in [0.05, 0.1) is 15.6 Å². The number of rotatable bonds is 11. The van der Waals surface area contributed by atoms with Gasteiger partial charge in [-0.1, -0.05) is 34.8 Å². The summed E-state index contributed by atoms with van der Waals surface area (Å²) in [6.07, 6.45) is 0.131. The second-order valence-corrected chi connectivity index (χ2v) is 11.2. The normalized spacial score (nSPS) is 12.1. The second-order valence-electron chi connectivity index (χ2n) is 7.96. The van der Waals surface area contributed by atoms with Crippen LogP contribution >= 0.6 is 34.8 Å². The zero-order chi connectivity index (χ0) is 27.2. The lowest BCUT2D eigenvalue weighted by molar-refractivity contribution is -0.138. The minimum atomic E-state index is -4.15. The van der Waals surface area contributed by atoms with Crippen LogP contribution in [0.25, 0.3) is 0 Å². The Bertz CT molecular complexity index is 1250. The van der Waals surface area contributed by atoms with Crippen molar-refractivity contribution in [2.75, 3.05) is 17.6 Å². The van der Waals surface area contributed by atoms with Gasteiger partial charge in [0.25, 0.3) is 0 Å². The predicted molar refractivity (Wildman–Crippen MR) is 141 cm³/mol. The Kier molecular flexibility index (Phi) is 10.4. The number of amides is 1. The third-order valence-electron chi connectivity index (χ3n) is 5.20. The summed E-state index contributed by atoms with van der Waals surface area (Å²) in [6.45, 7) is 1.68. The molecule has 1 amide bonds. The molecule has 14 heteroatoms. The van der Waals surface area contributed by atoms with Crippen molar-refractivity contribution in [3.63, 3.8) is 0 Å². The molecule has 2 aromatic rings. The molecule has 0 aliphatic heterocycles. The maximum Gasteiger partial charge on any atom is 0.320 e. The zero-order valence-electron chi connectivity index (χ0n) is 19.2. The van der Waals surface area contributed by atoms with E-state index in [0.717, 1.165) is 10.5 Å². The first kappa shape index (κ1) is 29.7. The number of guanidine groups is 1. The molecule has 0 aromatic heterocycles. The van der Waals surface area contributed by atoms with Crippen LogP contribution in [0.2, 0.25) is 15.1 Å². The molecule has 0 saturated carbocycles. The topological polar surface area (TPSA) is 180 Å². The van der Waals surface area contributed by atoms with E-state index in [0.29, 0.717) is 22.3 Å². The summed E-state index contributed by atoms with van der Waals surface area (Å²) >= 11 is 18.4. The summed E-state index contributed by atoms with van der Waals surface area (Å²) in [5.41, 5.74) is 12.4. The Morgan fingerprint density at radius 2 is 1.78 bits per heavy atom. The number of sulfone groups is 1. The van der Waals surface area contributed by atoms with Crippen molar-refractivity contribution in [3.05, 3.63) is 56.5 Å². The molecular weight excluding hydrogens is 553 g/mol. The number of hydrogen-bond acceptors (Lipinski definition) is 7. The number of hydrogen-bond donors (Lipinski definition) is 5. The summed E-state index contributed by atoms with van der Waals surface area (Å²) in [5, 5.41) is 20.7. The predicted octanol–water partition coefficient (Wildman–Crippen LogP) is 3.26. The third kappa shape index (κ3) is 7.97. The highest BCUT2D eigenvalue weighted by Gasteiger charge is 2.27. The van der Waals surface area contributed by atoms with E-state index in [9.17, 15) is 18.0 Å². The number of carbonyl (C=O) groups is 2. The molecule has 2 aromatic carbocycles. The number of nitrogens with one attached hydrogen (secondary N) is 2. The first-order chi connectivity index (χ1) is 16.7. The molecule has 10 nitrogen and oxygen atoms in total. The van der Waals surface area contributed by atoms with Crippen molar-refractivity contribution >= 4 is 68.2 Å². The molecular formula is C22H26Cl3N5O5S. The molecule has 7 N–H and O–H groups in total. The Morgan fingerprint density at radius 3 is 2.33 bits per heavy atom. The minimum absolute atomic E-state index is 0.0176. The molecule has 0 heterocycles. The molecule has 2 rings (SSSR count). The van der Waals surface area contributed by atoms with Gasteiger partial charge in [0.2, 0.25) is 5.91 Å². The van der Waals surface area contributed by atoms with Crippen molar-refractivity contribution < 1.29 is 23.1 Å². The van der Waals surface area contributed by atoms with E-state index < -0.39 is 39.5 Å². The summed E-state index contributed by atoms with van der Waals surface area (Å²) in [7, 11) is -4.15. The van der Waals surface area contributed by atoms with Gasteiger partial charge < -0.3 is 21.9 Å². The van der Waals surface area contributed by atoms with Gasteiger partial charge in [-0.2, -0.15) is 0 Å². The standard InChI is InChI=1S/C22H26Cl3N5O5S/c1-12-18(5-4-17(20(12)25)29-10-13-7-14(23)9-15(24)8-13)36(34,35)11-19(31)30(22(27)28)6-2-3-16(26)21(32)33/h4-5,7-9,16,29H,2-3,6,10-11,26H2,1H3,(H3,27,28)(H,32,33). The highest BCUT2D eigenvalue weighted by Crippen LogP contribution is 2.32. The van der Waals surface area contributed by atoms with Crippen molar-refractivity contribution in [1.29, 1.82) is 5.41 Å². The van der Waals surface area contributed by atoms with E-state index in [2.05, 4.69) is 5.32 Å². The molecule has 0 fully saturated rings. The first-order valence-electron chi connectivity index (χ1n) is 10.6. The Morgan fingerprint density at radius 1 is 1.17 bits per heavy atom. The average Bonchev–Trinajstić information content (AvgIpc) is 2.75. The van der Waals surface area contributed by atoms with Gasteiger partial charge >= 0.3 is 5.97 Å². The van der Waals surface area contributed by atoms with Gasteiger partial charge in [-0.25, -0.2) is 8.42 Å². The molecule has 1 unspecified atom stereocenters. The number of carboxylic acids is 1. The van der Waals surface area contributed by atoms with Crippen molar-refractivity contribution in [3.8, 4) is 0 Å². The van der Waals surface area contributed by atoms with Gasteiger partial charge in [0, 0.05) is 23.1 Å². The molecule has 1 atom stereocenters. The van der Waals surface area contributed by atoms with Gasteiger partial charge in [0.1, 0.15) is 11.8 Å². The molecule has 0 saturated heterocycles. The summed E-state index contributed by atoms with van der Waals surface area (Å²) in [4.78, 5) is 24.1. The number of nitrogens with two attached hydrogens (primary N) is 2. The molecule has 0 bridgehead atoms. The van der Waals surface area contributed by atoms with E-state index in [1.165, 1.54) is 19.1 Å². The van der Waals surface area contributed by atoms with Gasteiger partial charge in [-0.15, -0.1) is 0 Å². The van der Waals surface area contributed by atoms with Crippen LogP contribution in [0.3, 0.4) is 0 Å². The van der Waals surface area contributed by atoms with Crippen LogP contribution in [-0.2, 0) is 26.0 Å². The molecule has 0 aliphatic carbocycles. The van der Waals surface area contributed by atoms with Crippen molar-refractivity contribution in [1.82, 2.24) is 4.90 Å². The number of aliphatic carboxylic acids is 1. The SMILES string of the molecule is Cc1c(S(=O)(=O)CC(=O)N(CCCC(N)C(=O)O)C(=N)N)ccc(NCc2cc(Cl)cc(Cl)c2)c1Cl. The third-order valence-corrected chi connectivity index (χ3v) is 7.86. The number of anilines is 1. The first-order valence-corrected chi connectivity index (χ1v) is 13.3. The minimum Gasteiger partial charge on any atom is -0.480 e. The molecule has 196 valence electrons. The zero-order valence-corrected chi connectivity index (χ0v) is 22.3. The average molecular weight is 579 g/mol.